The van der Waals surface area contributed by atoms with Gasteiger partial charge in [-0.1, -0.05) is 0 Å². The lowest BCUT2D eigenvalue weighted by atomic mass is 10.2. The molecule has 3 nitrogen and oxygen atoms in total. The maximum atomic E-state index is 10.9. The maximum Gasteiger partial charge on any atom is 0.211 e. The summed E-state index contributed by atoms with van der Waals surface area (Å²) in [5.74, 6) is 2.64. The summed E-state index contributed by atoms with van der Waals surface area (Å²) in [5, 5.41) is 0. The number of nitrogens with one attached hydrogen (secondary N) is 1. The molecule has 0 rings (SSSR count). The second-order valence-corrected chi connectivity index (χ2v) is 4.55. The van der Waals surface area contributed by atoms with E-state index < -0.39 is 10.0 Å². The van der Waals surface area contributed by atoms with E-state index in [1.807, 2.05) is 0 Å². The molecule has 4 heteroatoms. The average molecular weight is 189 g/mol. The lowest BCUT2D eigenvalue weighted by molar-refractivity contribution is 0.578. The van der Waals surface area contributed by atoms with Gasteiger partial charge in [0.25, 0.3) is 0 Å². The lowest BCUT2D eigenvalue weighted by Crippen LogP contribution is -2.26. The van der Waals surface area contributed by atoms with Gasteiger partial charge in [-0.05, 0) is 19.8 Å². The minimum Gasteiger partial charge on any atom is -0.215 e. The molecule has 0 aliphatic rings. The molecule has 0 radical (unpaired) electrons. The van der Waals surface area contributed by atoms with Gasteiger partial charge >= 0.3 is 0 Å². The average Bonchev–Trinajstić information content (AvgIpc) is 2.04. The molecule has 0 spiro atoms. The highest BCUT2D eigenvalue weighted by Gasteiger charge is 2.03. The Hall–Kier alpha value is -0.530. The van der Waals surface area contributed by atoms with Crippen LogP contribution in [0.5, 0.6) is 0 Å². The van der Waals surface area contributed by atoms with Gasteiger partial charge in [0.15, 0.2) is 0 Å². The molecule has 0 aromatic carbocycles. The fraction of sp³-hybridized carbons (Fsp3) is 0.750. The van der Waals surface area contributed by atoms with Crippen LogP contribution in [0.1, 0.15) is 26.2 Å². The van der Waals surface area contributed by atoms with E-state index in [4.69, 9.17) is 6.42 Å². The molecule has 0 fully saturated rings. The van der Waals surface area contributed by atoms with Crippen molar-refractivity contribution in [2.45, 2.75) is 26.2 Å². The van der Waals surface area contributed by atoms with Crippen LogP contribution >= 0.6 is 0 Å². The predicted octanol–water partition coefficient (Wildman–Crippen LogP) is 0.729. The molecule has 0 aromatic rings. The van der Waals surface area contributed by atoms with E-state index in [0.29, 0.717) is 13.0 Å². The van der Waals surface area contributed by atoms with Crippen molar-refractivity contribution >= 4 is 10.0 Å². The first-order chi connectivity index (χ1) is 5.62. The molecular formula is C8H15NO2S. The van der Waals surface area contributed by atoms with E-state index in [-0.39, 0.29) is 5.75 Å². The molecule has 0 saturated carbocycles. The second kappa shape index (κ2) is 6.04. The monoisotopic (exact) mass is 189 g/mol. The summed E-state index contributed by atoms with van der Waals surface area (Å²) >= 11 is 0. The SMILES string of the molecule is C#CCCCCNS(=O)(=O)CC. The van der Waals surface area contributed by atoms with Crippen molar-refractivity contribution < 1.29 is 8.42 Å². The Labute approximate surface area is 74.6 Å². The Morgan fingerprint density at radius 1 is 1.42 bits per heavy atom. The number of hydrogen-bond donors (Lipinski definition) is 1. The van der Waals surface area contributed by atoms with Crippen LogP contribution in [0.3, 0.4) is 0 Å². The summed E-state index contributed by atoms with van der Waals surface area (Å²) in [6, 6.07) is 0. The number of terminal acetylenes is 1. The van der Waals surface area contributed by atoms with Gasteiger partial charge < -0.3 is 0 Å². The molecule has 0 aliphatic heterocycles. The highest BCUT2D eigenvalue weighted by atomic mass is 32.2. The van der Waals surface area contributed by atoms with Gasteiger partial charge in [-0.2, -0.15) is 0 Å². The molecule has 0 atom stereocenters. The largest absolute Gasteiger partial charge is 0.215 e. The quantitative estimate of drug-likeness (QED) is 0.494. The Balaban J connectivity index is 3.39. The highest BCUT2D eigenvalue weighted by molar-refractivity contribution is 7.89. The van der Waals surface area contributed by atoms with E-state index in [2.05, 4.69) is 10.6 Å². The van der Waals surface area contributed by atoms with Crippen molar-refractivity contribution in [1.82, 2.24) is 4.72 Å². The van der Waals surface area contributed by atoms with Gasteiger partial charge in [-0.25, -0.2) is 13.1 Å². The first-order valence-corrected chi connectivity index (χ1v) is 5.68. The number of sulfonamides is 1. The molecular weight excluding hydrogens is 174 g/mol. The predicted molar refractivity (Wildman–Crippen MR) is 50.1 cm³/mol. The van der Waals surface area contributed by atoms with Gasteiger partial charge in [0, 0.05) is 13.0 Å². The van der Waals surface area contributed by atoms with Gasteiger partial charge in [-0.3, -0.25) is 0 Å². The van der Waals surface area contributed by atoms with Crippen molar-refractivity contribution in [2.75, 3.05) is 12.3 Å². The first kappa shape index (κ1) is 11.5. The third-order valence-corrected chi connectivity index (χ3v) is 2.85. The van der Waals surface area contributed by atoms with E-state index in [1.54, 1.807) is 6.92 Å². The van der Waals surface area contributed by atoms with E-state index in [1.165, 1.54) is 0 Å². The topological polar surface area (TPSA) is 46.2 Å². The van der Waals surface area contributed by atoms with Crippen LogP contribution in [0.4, 0.5) is 0 Å². The standard InChI is InChI=1S/C8H15NO2S/c1-3-5-6-7-8-9-12(10,11)4-2/h1,9H,4-8H2,2H3. The van der Waals surface area contributed by atoms with Crippen LogP contribution in [-0.2, 0) is 10.0 Å². The molecule has 0 aliphatic carbocycles. The summed E-state index contributed by atoms with van der Waals surface area (Å²) in [5.41, 5.74) is 0. The number of rotatable bonds is 6. The van der Waals surface area contributed by atoms with Crippen molar-refractivity contribution in [3.05, 3.63) is 0 Å². The first-order valence-electron chi connectivity index (χ1n) is 4.03. The van der Waals surface area contributed by atoms with Gasteiger partial charge in [-0.15, -0.1) is 12.3 Å². The van der Waals surface area contributed by atoms with Crippen LogP contribution in [-0.4, -0.2) is 20.7 Å². The Bertz CT molecular complexity index is 238. The molecule has 70 valence electrons. The minimum absolute atomic E-state index is 0.141. The molecule has 0 aromatic heterocycles. The van der Waals surface area contributed by atoms with Crippen molar-refractivity contribution in [2.24, 2.45) is 0 Å². The van der Waals surface area contributed by atoms with Crippen molar-refractivity contribution in [3.8, 4) is 12.3 Å². The molecule has 0 heterocycles. The number of unbranched alkanes of at least 4 members (excludes halogenated alkanes) is 2. The molecule has 12 heavy (non-hydrogen) atoms. The molecule has 0 bridgehead atoms. The fourth-order valence-electron chi connectivity index (χ4n) is 0.682. The van der Waals surface area contributed by atoms with Gasteiger partial charge in [0.05, 0.1) is 5.75 Å². The van der Waals surface area contributed by atoms with Crippen LogP contribution in [0.15, 0.2) is 0 Å². The smallest absolute Gasteiger partial charge is 0.211 e. The van der Waals surface area contributed by atoms with Gasteiger partial charge in [0.2, 0.25) is 10.0 Å². The summed E-state index contributed by atoms with van der Waals surface area (Å²) in [4.78, 5) is 0. The van der Waals surface area contributed by atoms with Crippen LogP contribution < -0.4 is 4.72 Å². The van der Waals surface area contributed by atoms with E-state index >= 15 is 0 Å². The third-order valence-electron chi connectivity index (χ3n) is 1.45. The second-order valence-electron chi connectivity index (χ2n) is 2.46. The van der Waals surface area contributed by atoms with Crippen LogP contribution in [0, 0.1) is 12.3 Å². The van der Waals surface area contributed by atoms with Gasteiger partial charge in [0.1, 0.15) is 0 Å². The fourth-order valence-corrected chi connectivity index (χ4v) is 1.34. The highest BCUT2D eigenvalue weighted by Crippen LogP contribution is 1.92. The summed E-state index contributed by atoms with van der Waals surface area (Å²) in [7, 11) is -3.01. The zero-order valence-corrected chi connectivity index (χ0v) is 8.15. The van der Waals surface area contributed by atoms with Crippen molar-refractivity contribution in [3.63, 3.8) is 0 Å². The van der Waals surface area contributed by atoms with Crippen LogP contribution in [0.2, 0.25) is 0 Å². The van der Waals surface area contributed by atoms with E-state index in [0.717, 1.165) is 12.8 Å². The molecule has 0 saturated heterocycles. The molecule has 0 amide bonds. The maximum absolute atomic E-state index is 10.9. The molecule has 1 N–H and O–H groups in total. The minimum atomic E-state index is -3.01. The Kier molecular flexibility index (Phi) is 5.77. The summed E-state index contributed by atoms with van der Waals surface area (Å²) in [6.45, 7) is 2.11. The number of hydrogen-bond acceptors (Lipinski definition) is 2. The lowest BCUT2D eigenvalue weighted by Gasteiger charge is -2.02. The normalized spacial score (nSPS) is 11.0. The Morgan fingerprint density at radius 2 is 2.08 bits per heavy atom. The van der Waals surface area contributed by atoms with Crippen molar-refractivity contribution in [1.29, 1.82) is 0 Å². The summed E-state index contributed by atoms with van der Waals surface area (Å²) in [6.07, 6.45) is 7.44. The van der Waals surface area contributed by atoms with Crippen LogP contribution in [0.25, 0.3) is 0 Å². The Morgan fingerprint density at radius 3 is 2.58 bits per heavy atom. The van der Waals surface area contributed by atoms with E-state index in [9.17, 15) is 8.42 Å². The zero-order valence-electron chi connectivity index (χ0n) is 7.34. The summed E-state index contributed by atoms with van der Waals surface area (Å²) < 4.78 is 24.2. The third kappa shape index (κ3) is 6.20. The zero-order chi connectivity index (χ0) is 9.45. The molecule has 0 unspecified atom stereocenters.